The van der Waals surface area contributed by atoms with Crippen LogP contribution in [0.3, 0.4) is 0 Å². The van der Waals surface area contributed by atoms with Crippen LogP contribution in [-0.4, -0.2) is 26.0 Å². The van der Waals surface area contributed by atoms with Crippen molar-refractivity contribution < 1.29 is 8.42 Å². The van der Waals surface area contributed by atoms with E-state index in [1.807, 2.05) is 31.2 Å². The van der Waals surface area contributed by atoms with Crippen molar-refractivity contribution in [3.63, 3.8) is 0 Å². The number of hydrogen-bond donors (Lipinski definition) is 1. The molecule has 1 atom stereocenters. The van der Waals surface area contributed by atoms with Gasteiger partial charge in [0.2, 0.25) is 0 Å². The highest BCUT2D eigenvalue weighted by Gasteiger charge is 2.13. The molecule has 0 aliphatic heterocycles. The molecule has 0 heterocycles. The van der Waals surface area contributed by atoms with Gasteiger partial charge in [0.15, 0.2) is 9.84 Å². The summed E-state index contributed by atoms with van der Waals surface area (Å²) in [5.41, 5.74) is 0.918. The third-order valence-electron chi connectivity index (χ3n) is 2.22. The highest BCUT2D eigenvalue weighted by Crippen LogP contribution is 2.22. The lowest BCUT2D eigenvalue weighted by Crippen LogP contribution is -2.26. The predicted octanol–water partition coefficient (Wildman–Crippen LogP) is 2.68. The van der Waals surface area contributed by atoms with Gasteiger partial charge in [0.05, 0.1) is 5.75 Å². The zero-order valence-electron chi connectivity index (χ0n) is 9.40. The molecule has 90 valence electrons. The smallest absolute Gasteiger partial charge is 0.152 e. The molecule has 0 spiro atoms. The Labute approximate surface area is 105 Å². The van der Waals surface area contributed by atoms with Crippen molar-refractivity contribution in [2.75, 3.05) is 16.8 Å². The van der Waals surface area contributed by atoms with Crippen LogP contribution in [0.4, 0.5) is 5.69 Å². The highest BCUT2D eigenvalue weighted by molar-refractivity contribution is 9.10. The van der Waals surface area contributed by atoms with Gasteiger partial charge in [-0.25, -0.2) is 8.42 Å². The van der Waals surface area contributed by atoms with Gasteiger partial charge in [0.1, 0.15) is 0 Å². The molecule has 0 saturated heterocycles. The Morgan fingerprint density at radius 2 is 2.00 bits per heavy atom. The van der Waals surface area contributed by atoms with Crippen molar-refractivity contribution in [1.29, 1.82) is 0 Å². The fourth-order valence-corrected chi connectivity index (χ4v) is 2.86. The van der Waals surface area contributed by atoms with Gasteiger partial charge in [0.25, 0.3) is 0 Å². The topological polar surface area (TPSA) is 46.2 Å². The van der Waals surface area contributed by atoms with Gasteiger partial charge in [0, 0.05) is 22.0 Å². The number of nitrogens with one attached hydrogen (secondary N) is 1. The first-order chi connectivity index (χ1) is 7.44. The van der Waals surface area contributed by atoms with E-state index in [4.69, 9.17) is 0 Å². The van der Waals surface area contributed by atoms with Crippen molar-refractivity contribution in [3.8, 4) is 0 Å². The molecule has 0 bridgehead atoms. The first-order valence-electron chi connectivity index (χ1n) is 5.16. The summed E-state index contributed by atoms with van der Waals surface area (Å²) in [6, 6.07) is 7.57. The minimum atomic E-state index is -2.93. The van der Waals surface area contributed by atoms with E-state index < -0.39 is 9.84 Å². The standard InChI is InChI=1S/C11H16BrNO2S/c1-3-16(14,15)8-9(2)13-11-7-5-4-6-10(11)12/h4-7,9,13H,3,8H2,1-2H3. The van der Waals surface area contributed by atoms with Crippen LogP contribution >= 0.6 is 15.9 Å². The fourth-order valence-electron chi connectivity index (χ4n) is 1.38. The molecule has 16 heavy (non-hydrogen) atoms. The molecule has 1 aromatic carbocycles. The fraction of sp³-hybridized carbons (Fsp3) is 0.455. The van der Waals surface area contributed by atoms with E-state index in [-0.39, 0.29) is 17.5 Å². The summed E-state index contributed by atoms with van der Waals surface area (Å²) in [5, 5.41) is 3.17. The Morgan fingerprint density at radius 1 is 1.38 bits per heavy atom. The van der Waals surface area contributed by atoms with E-state index >= 15 is 0 Å². The molecule has 0 saturated carbocycles. The number of benzene rings is 1. The Hall–Kier alpha value is -0.550. The molecular weight excluding hydrogens is 290 g/mol. The van der Waals surface area contributed by atoms with Gasteiger partial charge in [-0.15, -0.1) is 0 Å². The van der Waals surface area contributed by atoms with Crippen LogP contribution < -0.4 is 5.32 Å². The van der Waals surface area contributed by atoms with Crippen LogP contribution in [0.25, 0.3) is 0 Å². The predicted molar refractivity (Wildman–Crippen MR) is 71.6 cm³/mol. The minimum Gasteiger partial charge on any atom is -0.381 e. The lowest BCUT2D eigenvalue weighted by atomic mass is 10.3. The van der Waals surface area contributed by atoms with E-state index in [2.05, 4.69) is 21.2 Å². The van der Waals surface area contributed by atoms with Crippen LogP contribution in [0, 0.1) is 0 Å². The van der Waals surface area contributed by atoms with E-state index in [0.29, 0.717) is 0 Å². The zero-order chi connectivity index (χ0) is 12.2. The number of halogens is 1. The normalized spacial score (nSPS) is 13.4. The monoisotopic (exact) mass is 305 g/mol. The average molecular weight is 306 g/mol. The van der Waals surface area contributed by atoms with Crippen molar-refractivity contribution in [3.05, 3.63) is 28.7 Å². The summed E-state index contributed by atoms with van der Waals surface area (Å²) < 4.78 is 23.8. The molecule has 0 aliphatic carbocycles. The Bertz CT molecular complexity index is 445. The molecule has 1 aromatic rings. The second-order valence-electron chi connectivity index (χ2n) is 3.72. The largest absolute Gasteiger partial charge is 0.381 e. The second-order valence-corrected chi connectivity index (χ2v) is 6.98. The maximum absolute atomic E-state index is 11.4. The van der Waals surface area contributed by atoms with Crippen LogP contribution in [0.1, 0.15) is 13.8 Å². The summed E-state index contributed by atoms with van der Waals surface area (Å²) in [4.78, 5) is 0. The van der Waals surface area contributed by atoms with E-state index in [1.54, 1.807) is 6.92 Å². The van der Waals surface area contributed by atoms with Gasteiger partial charge in [-0.05, 0) is 35.0 Å². The molecule has 0 aromatic heterocycles. The zero-order valence-corrected chi connectivity index (χ0v) is 11.8. The number of anilines is 1. The molecule has 0 radical (unpaired) electrons. The second kappa shape index (κ2) is 5.68. The first kappa shape index (κ1) is 13.5. The van der Waals surface area contributed by atoms with Gasteiger partial charge < -0.3 is 5.32 Å². The molecule has 0 fully saturated rings. The van der Waals surface area contributed by atoms with Crippen molar-refractivity contribution in [1.82, 2.24) is 0 Å². The third-order valence-corrected chi connectivity index (χ3v) is 4.80. The van der Waals surface area contributed by atoms with Gasteiger partial charge in [-0.1, -0.05) is 19.1 Å². The SMILES string of the molecule is CCS(=O)(=O)CC(C)Nc1ccccc1Br. The maximum atomic E-state index is 11.4. The summed E-state index contributed by atoms with van der Waals surface area (Å²) in [6.07, 6.45) is 0. The van der Waals surface area contributed by atoms with E-state index in [1.165, 1.54) is 0 Å². The number of hydrogen-bond acceptors (Lipinski definition) is 3. The van der Waals surface area contributed by atoms with Crippen molar-refractivity contribution >= 4 is 31.5 Å². The summed E-state index contributed by atoms with van der Waals surface area (Å²) in [5.74, 6) is 0.347. The molecule has 3 nitrogen and oxygen atoms in total. The van der Waals surface area contributed by atoms with Crippen molar-refractivity contribution in [2.24, 2.45) is 0 Å². The summed E-state index contributed by atoms with van der Waals surface area (Å²) in [7, 11) is -2.93. The maximum Gasteiger partial charge on any atom is 0.152 e. The summed E-state index contributed by atoms with van der Waals surface area (Å²) in [6.45, 7) is 3.53. The Kier molecular flexibility index (Phi) is 4.80. The van der Waals surface area contributed by atoms with Crippen LogP contribution in [0.2, 0.25) is 0 Å². The molecule has 0 amide bonds. The lowest BCUT2D eigenvalue weighted by molar-refractivity contribution is 0.593. The van der Waals surface area contributed by atoms with Gasteiger partial charge in [-0.2, -0.15) is 0 Å². The average Bonchev–Trinajstić information content (AvgIpc) is 2.21. The molecule has 0 aliphatic rings. The molecule has 5 heteroatoms. The molecule has 1 unspecified atom stereocenters. The number of rotatable bonds is 5. The van der Waals surface area contributed by atoms with E-state index in [0.717, 1.165) is 10.2 Å². The summed E-state index contributed by atoms with van der Waals surface area (Å²) >= 11 is 3.41. The molecular formula is C11H16BrNO2S. The van der Waals surface area contributed by atoms with Gasteiger partial charge in [-0.3, -0.25) is 0 Å². The van der Waals surface area contributed by atoms with E-state index in [9.17, 15) is 8.42 Å². The molecule has 1 N–H and O–H groups in total. The Morgan fingerprint density at radius 3 is 2.56 bits per heavy atom. The van der Waals surface area contributed by atoms with Crippen LogP contribution in [0.5, 0.6) is 0 Å². The number of sulfone groups is 1. The minimum absolute atomic E-state index is 0.0938. The van der Waals surface area contributed by atoms with Crippen molar-refractivity contribution in [2.45, 2.75) is 19.9 Å². The molecule has 1 rings (SSSR count). The van der Waals surface area contributed by atoms with Gasteiger partial charge >= 0.3 is 0 Å². The first-order valence-corrected chi connectivity index (χ1v) is 7.77. The van der Waals surface area contributed by atoms with Crippen LogP contribution in [0.15, 0.2) is 28.7 Å². The number of para-hydroxylation sites is 1. The Balaban J connectivity index is 2.66. The highest BCUT2D eigenvalue weighted by atomic mass is 79.9. The third kappa shape index (κ3) is 4.14. The van der Waals surface area contributed by atoms with Crippen LogP contribution in [-0.2, 0) is 9.84 Å². The lowest BCUT2D eigenvalue weighted by Gasteiger charge is -2.15. The quantitative estimate of drug-likeness (QED) is 0.910.